The van der Waals surface area contributed by atoms with Crippen molar-refractivity contribution in [1.82, 2.24) is 75.4 Å². The summed E-state index contributed by atoms with van der Waals surface area (Å²) in [4.78, 5) is 74.7. The number of aromatic nitrogens is 12. The molecule has 0 spiro atoms. The SMILES string of the molecule is CCC[C@@H](O)COc1ccc(F)c(-c2nc(-c3c(C)noc3C)c(C)c(N3Cc4cccnc4C3)n2)c1.Cc1noc(C)c1-c1nc(-c2cc(OC[C@@H](CN(C)C(=O)OC(C)(C)C)O[Si](C)(C)C(C)(C)C)ccc2F)nc(Cl)c1C.Cc1noc(C)c1-c1nc(-c2cc(OC[C@@H](CN(C)C(=O)OC(C)(C)C)O[Si](C)(C)C(C)(C)C)ccc2F)nc(N2Cc3cccnc3C2)c1C.c1cnc2c(c1)CNC2. The maximum atomic E-state index is 15.8. The van der Waals surface area contributed by atoms with Crippen LogP contribution in [-0.4, -0.2) is 181 Å². The minimum Gasteiger partial charge on any atom is -0.491 e. The number of fused-ring (bicyclic) bond motifs is 3. The molecule has 0 radical (unpaired) electrons. The third-order valence-corrected chi connectivity index (χ3v) is 34.5. The average Bonchev–Trinajstić information content (AvgIpc) is 1.54. The fourth-order valence-corrected chi connectivity index (χ4v) is 18.5. The van der Waals surface area contributed by atoms with Crippen molar-refractivity contribution < 1.29 is 74.0 Å². The third-order valence-electron chi connectivity index (χ3n) is 25.1. The second-order valence-electron chi connectivity index (χ2n) is 40.8. The monoisotopic (exact) mass is 1980 g/mol. The van der Waals surface area contributed by atoms with E-state index in [0.717, 1.165) is 64.3 Å². The van der Waals surface area contributed by atoms with Gasteiger partial charge in [0.05, 0.1) is 129 Å². The molecule has 0 bridgehead atoms. The largest absolute Gasteiger partial charge is 0.491 e. The molecule has 0 aliphatic carbocycles. The summed E-state index contributed by atoms with van der Waals surface area (Å²) in [6.45, 7) is 56.3. The summed E-state index contributed by atoms with van der Waals surface area (Å²) in [7, 11) is -1.17. The number of benzene rings is 3. The fourth-order valence-electron chi connectivity index (χ4n) is 15.6. The Hall–Kier alpha value is -12.1. The molecule has 748 valence electrons. The maximum absolute atomic E-state index is 15.8. The van der Waals surface area contributed by atoms with Gasteiger partial charge in [-0.05, 0) is 236 Å². The lowest BCUT2D eigenvalue weighted by Crippen LogP contribution is -2.49. The molecule has 2 amide bonds. The average molecular weight is 1980 g/mol. The molecule has 15 rings (SSSR count). The quantitative estimate of drug-likeness (QED) is 0.0357. The minimum absolute atomic E-state index is 0.0697. The molecule has 0 unspecified atom stereocenters. The first kappa shape index (κ1) is 107. The number of amides is 2. The molecule has 140 heavy (non-hydrogen) atoms. The van der Waals surface area contributed by atoms with Crippen LogP contribution < -0.4 is 29.3 Å². The number of hydrogen-bond donors (Lipinski definition) is 2. The number of hydrogen-bond acceptors (Lipinski definition) is 28. The highest BCUT2D eigenvalue weighted by Crippen LogP contribution is 2.45. The Morgan fingerprint density at radius 2 is 0.829 bits per heavy atom. The zero-order chi connectivity index (χ0) is 102. The van der Waals surface area contributed by atoms with Crippen molar-refractivity contribution in [2.24, 2.45) is 0 Å². The Labute approximate surface area is 825 Å². The standard InChI is InChI=1S/C38H51FN6O5Si.C31H44ClFN4O5Si.C28H30FN5O3.C7H8N2/c1-23-33(32-24(2)43-49-25(32)3)41-34(42-35(23)45-19-26-14-13-17-40-31(26)21-45)29-18-27(15-16-30(29)39)47-22-28(50-51(11,12)38(7,8)9)20-44(10)36(46)48-37(4,5)6;1-18-26(25-19(2)36-41-20(25)3)34-28(35-27(18)32)23-15-21(13-14-24(23)33)39-17-22(42-43(11,12)31(7,8)9)16-37(10)29(38)40-30(4,5)6;1-5-7-20(35)15-36-21-9-10-23(29)22(12-21)27-31-26(25-17(3)33-37-18(25)4)16(2)28(32-27)34-13-19-8-6-11-30-24(19)14-34;1-2-6-4-8-5-7(6)9-3-1/h13-18,28H,19-22H2,1-12H3;13-15,22H,16-17H2,1-12H3;6,8-12,20,35H,5,7,13-15H2,1-4H3;1-3,8H,4-5H2/t28-;22-;20-;/m111./s1. The van der Waals surface area contributed by atoms with Crippen LogP contribution in [0.2, 0.25) is 41.4 Å². The Morgan fingerprint density at radius 1 is 0.479 bits per heavy atom. The third kappa shape index (κ3) is 26.4. The van der Waals surface area contributed by atoms with Gasteiger partial charge in [0.2, 0.25) is 0 Å². The van der Waals surface area contributed by atoms with Gasteiger partial charge in [0, 0.05) is 75.6 Å². The number of carbonyl (C=O) groups excluding carboxylic acids is 2. The first-order valence-corrected chi connectivity index (χ1v) is 53.3. The highest BCUT2D eigenvalue weighted by molar-refractivity contribution is 6.74. The van der Waals surface area contributed by atoms with Gasteiger partial charge in [0.1, 0.15) is 99.8 Å². The van der Waals surface area contributed by atoms with E-state index in [0.29, 0.717) is 124 Å². The van der Waals surface area contributed by atoms with Crippen LogP contribution in [0.4, 0.5) is 34.4 Å². The molecule has 0 saturated heterocycles. The van der Waals surface area contributed by atoms with Crippen molar-refractivity contribution in [3.63, 3.8) is 0 Å². The van der Waals surface area contributed by atoms with E-state index in [2.05, 4.69) is 141 Å². The molecule has 9 aromatic heterocycles. The number of nitrogens with zero attached hydrogens (tertiary/aromatic N) is 16. The van der Waals surface area contributed by atoms with Crippen LogP contribution in [0.3, 0.4) is 0 Å². The second-order valence-corrected chi connectivity index (χ2v) is 50.6. The van der Waals surface area contributed by atoms with E-state index in [1.165, 1.54) is 51.4 Å². The lowest BCUT2D eigenvalue weighted by Gasteiger charge is -2.40. The van der Waals surface area contributed by atoms with Gasteiger partial charge in [-0.2, -0.15) is 0 Å². The maximum Gasteiger partial charge on any atom is 0.410 e. The molecular weight excluding hydrogens is 1840 g/mol. The predicted molar refractivity (Wildman–Crippen MR) is 539 cm³/mol. The van der Waals surface area contributed by atoms with Crippen LogP contribution in [0.5, 0.6) is 17.2 Å². The number of anilines is 2. The second kappa shape index (κ2) is 44.4. The molecule has 12 heterocycles. The molecule has 2 N–H and O–H groups in total. The summed E-state index contributed by atoms with van der Waals surface area (Å²) in [5, 5.41) is 25.6. The molecule has 3 aliphatic rings. The van der Waals surface area contributed by atoms with Crippen molar-refractivity contribution in [3.8, 4) is 85.2 Å². The summed E-state index contributed by atoms with van der Waals surface area (Å²) in [6.07, 6.45) is 4.45. The van der Waals surface area contributed by atoms with Crippen LogP contribution in [0.15, 0.2) is 123 Å². The van der Waals surface area contributed by atoms with Crippen molar-refractivity contribution in [1.29, 1.82) is 0 Å². The van der Waals surface area contributed by atoms with Crippen LogP contribution in [0, 0.1) is 79.8 Å². The Bertz CT molecular complexity index is 6280. The first-order valence-electron chi connectivity index (χ1n) is 47.1. The van der Waals surface area contributed by atoms with E-state index in [9.17, 15) is 14.7 Å². The van der Waals surface area contributed by atoms with E-state index in [1.807, 2.05) is 114 Å². The topological polar surface area (TPSA) is 338 Å². The van der Waals surface area contributed by atoms with Gasteiger partial charge in [0.25, 0.3) is 0 Å². The number of carbonyl (C=O) groups is 2. The lowest BCUT2D eigenvalue weighted by molar-refractivity contribution is 0.0166. The van der Waals surface area contributed by atoms with Gasteiger partial charge in [-0.15, -0.1) is 0 Å². The van der Waals surface area contributed by atoms with Gasteiger partial charge in [0.15, 0.2) is 34.1 Å². The zero-order valence-electron chi connectivity index (χ0n) is 85.8. The number of rotatable bonds is 27. The van der Waals surface area contributed by atoms with Crippen molar-refractivity contribution >= 4 is 52.1 Å². The van der Waals surface area contributed by atoms with E-state index < -0.39 is 75.8 Å². The summed E-state index contributed by atoms with van der Waals surface area (Å²) >= 11 is 6.49. The number of aliphatic hydroxyl groups excluding tert-OH is 1. The smallest absolute Gasteiger partial charge is 0.410 e. The number of halogens is 4. The van der Waals surface area contributed by atoms with Gasteiger partial charge in [-0.25, -0.2) is 52.7 Å². The van der Waals surface area contributed by atoms with E-state index in [1.54, 1.807) is 71.5 Å². The number of likely N-dealkylation sites (N-methyl/N-ethyl adjacent to an activating group) is 2. The van der Waals surface area contributed by atoms with Crippen LogP contribution >= 0.6 is 11.6 Å². The highest BCUT2D eigenvalue weighted by Gasteiger charge is 2.43. The molecule has 0 fully saturated rings. The Balaban J connectivity index is 0.000000181. The molecule has 3 atom stereocenters. The number of pyridine rings is 3. The number of nitrogens with one attached hydrogen (secondary N) is 1. The lowest BCUT2D eigenvalue weighted by atomic mass is 10.0. The van der Waals surface area contributed by atoms with E-state index >= 15 is 13.2 Å². The Kier molecular flexibility index (Phi) is 33.8. The predicted octanol–water partition coefficient (Wildman–Crippen LogP) is 22.6. The summed E-state index contributed by atoms with van der Waals surface area (Å²) in [6, 6.07) is 25.4. The summed E-state index contributed by atoms with van der Waals surface area (Å²) in [5.74, 6) is 3.47. The zero-order valence-corrected chi connectivity index (χ0v) is 88.6. The van der Waals surface area contributed by atoms with Crippen LogP contribution in [0.25, 0.3) is 67.9 Å². The molecule has 0 saturated carbocycles. The van der Waals surface area contributed by atoms with Gasteiger partial charge in [-0.3, -0.25) is 15.0 Å². The van der Waals surface area contributed by atoms with Crippen molar-refractivity contribution in [2.75, 3.05) is 56.8 Å². The molecular formula is C104H133ClF3N17O13Si2. The van der Waals surface area contributed by atoms with Gasteiger partial charge in [-0.1, -0.05) is 100 Å². The molecule has 3 aliphatic heterocycles. The number of ether oxygens (including phenoxy) is 5. The first-order chi connectivity index (χ1) is 65.8. The van der Waals surface area contributed by atoms with Crippen LogP contribution in [-0.2, 0) is 57.6 Å². The highest BCUT2D eigenvalue weighted by atomic mass is 35.5. The van der Waals surface area contributed by atoms with Crippen molar-refractivity contribution in [2.45, 2.75) is 270 Å². The summed E-state index contributed by atoms with van der Waals surface area (Å²) in [5.41, 5.74) is 14.3. The summed E-state index contributed by atoms with van der Waals surface area (Å²) < 4.78 is 105. The molecule has 30 nitrogen and oxygen atoms in total. The van der Waals surface area contributed by atoms with Crippen LogP contribution in [0.1, 0.15) is 188 Å². The normalized spacial score (nSPS) is 13.8. The number of aryl methyl sites for hydroxylation is 6. The minimum atomic E-state index is -2.28. The van der Waals surface area contributed by atoms with Gasteiger partial charge < -0.3 is 76.1 Å². The fraction of sp³-hybridized carbons (Fsp3) is 0.462. The Morgan fingerprint density at radius 3 is 1.16 bits per heavy atom. The van der Waals surface area contributed by atoms with E-state index in [4.69, 9.17) is 77.6 Å². The number of aliphatic hydroxyl groups is 1. The molecule has 3 aromatic carbocycles. The van der Waals surface area contributed by atoms with Gasteiger partial charge >= 0.3 is 12.2 Å². The van der Waals surface area contributed by atoms with Crippen molar-refractivity contribution in [3.05, 3.63) is 217 Å². The molecule has 36 heteroatoms. The van der Waals surface area contributed by atoms with E-state index in [-0.39, 0.29) is 82.3 Å². The molecule has 12 aromatic rings.